The summed E-state index contributed by atoms with van der Waals surface area (Å²) in [6, 6.07) is 9.54. The summed E-state index contributed by atoms with van der Waals surface area (Å²) in [4.78, 5) is 17.0. The summed E-state index contributed by atoms with van der Waals surface area (Å²) < 4.78 is 32.1. The van der Waals surface area contributed by atoms with Crippen molar-refractivity contribution >= 4 is 44.9 Å². The molecule has 2 rings (SSSR count). The largest absolute Gasteiger partial charge is 0.379 e. The van der Waals surface area contributed by atoms with E-state index in [0.717, 1.165) is 18.8 Å². The Hall–Kier alpha value is -1.96. The molecule has 0 aromatic heterocycles. The van der Waals surface area contributed by atoms with Crippen LogP contribution in [-0.4, -0.2) is 38.9 Å². The number of amides is 1. The molecule has 0 heterocycles. The van der Waals surface area contributed by atoms with Gasteiger partial charge < -0.3 is 14.0 Å². The summed E-state index contributed by atoms with van der Waals surface area (Å²) in [5, 5.41) is 0.371. The molecule has 2 aromatic rings. The molecule has 2 aromatic carbocycles. The first kappa shape index (κ1) is 30.3. The molecule has 0 fully saturated rings. The molecule has 0 radical (unpaired) electrons. The summed E-state index contributed by atoms with van der Waals surface area (Å²) in [5.74, 6) is 0.443. The van der Waals surface area contributed by atoms with E-state index in [2.05, 4.69) is 4.90 Å². The van der Waals surface area contributed by atoms with E-state index in [-0.39, 0.29) is 44.5 Å². The smallest absolute Gasteiger partial charge is 0.339 e. The maximum atomic E-state index is 13.2. The Morgan fingerprint density at radius 1 is 1.00 bits per heavy atom. The van der Waals surface area contributed by atoms with Crippen LogP contribution in [0.4, 0.5) is 5.69 Å². The number of anilines is 1. The lowest BCUT2D eigenvalue weighted by Gasteiger charge is -2.29. The van der Waals surface area contributed by atoms with Crippen molar-refractivity contribution in [1.29, 1.82) is 0 Å². The monoisotopic (exact) mass is 556 g/mol. The van der Waals surface area contributed by atoms with E-state index in [1.54, 1.807) is 11.0 Å². The molecule has 0 aliphatic heterocycles. The fraction of sp³-hybridized carbons (Fsp3) is 0.519. The van der Waals surface area contributed by atoms with Crippen LogP contribution in [0.15, 0.2) is 41.3 Å². The first-order chi connectivity index (χ1) is 16.7. The lowest BCUT2D eigenvalue weighted by molar-refractivity contribution is -0.134. The minimum Gasteiger partial charge on any atom is -0.379 e. The van der Waals surface area contributed by atoms with Crippen LogP contribution in [0.2, 0.25) is 10.0 Å². The molecular weight excluding hydrogens is 519 g/mol. The van der Waals surface area contributed by atoms with Crippen LogP contribution in [0.25, 0.3) is 0 Å². The summed E-state index contributed by atoms with van der Waals surface area (Å²) in [6.07, 6.45) is 0.384. The normalized spacial score (nSPS) is 12.1. The third-order valence-corrected chi connectivity index (χ3v) is 7.51. The molecule has 9 heteroatoms. The first-order valence-corrected chi connectivity index (χ1v) is 14.4. The molecule has 0 aliphatic carbocycles. The summed E-state index contributed by atoms with van der Waals surface area (Å²) in [7, 11) is -4.20. The van der Waals surface area contributed by atoms with Gasteiger partial charge in [0.1, 0.15) is 10.6 Å². The van der Waals surface area contributed by atoms with Gasteiger partial charge in [0, 0.05) is 49.9 Å². The van der Waals surface area contributed by atoms with Gasteiger partial charge in [0.15, 0.2) is 0 Å². The van der Waals surface area contributed by atoms with Crippen LogP contribution in [0, 0.1) is 11.3 Å². The van der Waals surface area contributed by atoms with Gasteiger partial charge in [-0.15, -0.1) is 0 Å². The zero-order valence-corrected chi connectivity index (χ0v) is 24.6. The van der Waals surface area contributed by atoms with Crippen LogP contribution >= 0.6 is 23.2 Å². The second-order valence-electron chi connectivity index (χ2n) is 10.5. The van der Waals surface area contributed by atoms with Crippen molar-refractivity contribution < 1.29 is 17.4 Å². The average Bonchev–Trinajstić information content (AvgIpc) is 2.75. The molecule has 6 nitrogen and oxygen atoms in total. The number of halogens is 2. The van der Waals surface area contributed by atoms with E-state index in [9.17, 15) is 13.2 Å². The maximum Gasteiger partial charge on any atom is 0.339 e. The van der Waals surface area contributed by atoms with Crippen molar-refractivity contribution in [2.24, 2.45) is 11.3 Å². The molecule has 1 amide bonds. The highest BCUT2D eigenvalue weighted by molar-refractivity contribution is 7.87. The zero-order chi connectivity index (χ0) is 27.3. The van der Waals surface area contributed by atoms with E-state index in [1.165, 1.54) is 18.2 Å². The molecule has 0 atom stereocenters. The summed E-state index contributed by atoms with van der Waals surface area (Å²) >= 11 is 12.0. The Morgan fingerprint density at radius 3 is 2.17 bits per heavy atom. The first-order valence-electron chi connectivity index (χ1n) is 12.2. The third-order valence-electron chi connectivity index (χ3n) is 5.54. The number of carbonyl (C=O) groups excluding carboxylic acids is 1. The SMILES string of the molecule is CCN(CC)c1ccc(CN(CC(C)C)C(=O)CC(C)(C)C)c(OS(=O)(=O)c2ccc(Cl)c(Cl)c2)c1. The highest BCUT2D eigenvalue weighted by atomic mass is 35.5. The van der Waals surface area contributed by atoms with Crippen molar-refractivity contribution in [2.45, 2.75) is 66.3 Å². The second kappa shape index (κ2) is 12.5. The van der Waals surface area contributed by atoms with Gasteiger partial charge in [0.05, 0.1) is 10.0 Å². The predicted octanol–water partition coefficient (Wildman–Crippen LogP) is 7.03. The molecule has 0 unspecified atom stereocenters. The number of nitrogens with zero attached hydrogens (tertiary/aromatic N) is 2. The van der Waals surface area contributed by atoms with Crippen LogP contribution < -0.4 is 9.08 Å². The van der Waals surface area contributed by atoms with Crippen molar-refractivity contribution in [3.8, 4) is 5.75 Å². The van der Waals surface area contributed by atoms with Gasteiger partial charge in [-0.2, -0.15) is 8.42 Å². The third kappa shape index (κ3) is 8.56. The number of hydrogen-bond acceptors (Lipinski definition) is 5. The van der Waals surface area contributed by atoms with Crippen molar-refractivity contribution in [3.63, 3.8) is 0 Å². The van der Waals surface area contributed by atoms with E-state index < -0.39 is 10.1 Å². The van der Waals surface area contributed by atoms with E-state index >= 15 is 0 Å². The van der Waals surface area contributed by atoms with Crippen LogP contribution in [0.3, 0.4) is 0 Å². The molecule has 0 saturated heterocycles. The summed E-state index contributed by atoms with van der Waals surface area (Å²) in [5.41, 5.74) is 1.27. The highest BCUT2D eigenvalue weighted by Crippen LogP contribution is 2.32. The topological polar surface area (TPSA) is 66.9 Å². The predicted molar refractivity (Wildman–Crippen MR) is 149 cm³/mol. The van der Waals surface area contributed by atoms with E-state index in [0.29, 0.717) is 18.5 Å². The number of hydrogen-bond donors (Lipinski definition) is 0. The quantitative estimate of drug-likeness (QED) is 0.278. The standard InChI is InChI=1S/C27H38Cl2N2O4S/c1-8-30(9-2)21-11-10-20(18-31(17-19(3)4)26(32)16-27(5,6)7)25(14-21)35-36(33,34)22-12-13-23(28)24(29)15-22/h10-15,19H,8-9,16-18H2,1-7H3. The van der Waals surface area contributed by atoms with Crippen molar-refractivity contribution in [3.05, 3.63) is 52.0 Å². The van der Waals surface area contributed by atoms with Gasteiger partial charge >= 0.3 is 10.1 Å². The zero-order valence-electron chi connectivity index (χ0n) is 22.3. The molecule has 36 heavy (non-hydrogen) atoms. The Bertz CT molecular complexity index is 1160. The highest BCUT2D eigenvalue weighted by Gasteiger charge is 2.25. The van der Waals surface area contributed by atoms with Crippen molar-refractivity contribution in [1.82, 2.24) is 4.90 Å². The van der Waals surface area contributed by atoms with Gasteiger partial charge in [-0.25, -0.2) is 0 Å². The molecule has 200 valence electrons. The number of rotatable bonds is 11. The maximum absolute atomic E-state index is 13.2. The van der Waals surface area contributed by atoms with Crippen LogP contribution in [-0.2, 0) is 21.5 Å². The van der Waals surface area contributed by atoms with Crippen LogP contribution in [0.5, 0.6) is 5.75 Å². The fourth-order valence-electron chi connectivity index (χ4n) is 3.80. The van der Waals surface area contributed by atoms with E-state index in [1.807, 2.05) is 60.6 Å². The van der Waals surface area contributed by atoms with Crippen molar-refractivity contribution in [2.75, 3.05) is 24.5 Å². The second-order valence-corrected chi connectivity index (χ2v) is 12.8. The number of benzene rings is 2. The molecule has 0 bridgehead atoms. The van der Waals surface area contributed by atoms with Gasteiger partial charge in [-0.3, -0.25) is 4.79 Å². The Kier molecular flexibility index (Phi) is 10.5. The Morgan fingerprint density at radius 2 is 1.64 bits per heavy atom. The fourth-order valence-corrected chi connectivity index (χ4v) is 5.15. The lowest BCUT2D eigenvalue weighted by atomic mass is 9.91. The van der Waals surface area contributed by atoms with Gasteiger partial charge in [-0.05, 0) is 49.4 Å². The number of carbonyl (C=O) groups is 1. The minimum atomic E-state index is -4.20. The molecule has 0 N–H and O–H groups in total. The molecule has 0 saturated carbocycles. The minimum absolute atomic E-state index is 0.0160. The molecule has 0 aliphatic rings. The van der Waals surface area contributed by atoms with Gasteiger partial charge in [0.2, 0.25) is 5.91 Å². The van der Waals surface area contributed by atoms with Crippen LogP contribution in [0.1, 0.15) is 60.5 Å². The molecular formula is C27H38Cl2N2O4S. The van der Waals surface area contributed by atoms with Gasteiger partial charge in [-0.1, -0.05) is 63.9 Å². The lowest BCUT2D eigenvalue weighted by Crippen LogP contribution is -2.36. The average molecular weight is 558 g/mol. The van der Waals surface area contributed by atoms with E-state index in [4.69, 9.17) is 27.4 Å². The Labute approximate surface area is 226 Å². The summed E-state index contributed by atoms with van der Waals surface area (Å²) in [6.45, 7) is 16.5. The molecule has 0 spiro atoms. The van der Waals surface area contributed by atoms with Gasteiger partial charge in [0.25, 0.3) is 0 Å². The Balaban J connectivity index is 2.53.